The fourth-order valence-electron chi connectivity index (χ4n) is 2.27. The highest BCUT2D eigenvalue weighted by atomic mass is 35.5. The minimum atomic E-state index is 0.426. The van der Waals surface area contributed by atoms with E-state index >= 15 is 0 Å². The van der Waals surface area contributed by atoms with Gasteiger partial charge in [-0.15, -0.1) is 11.6 Å². The summed E-state index contributed by atoms with van der Waals surface area (Å²) in [5, 5.41) is 0. The molecule has 0 aromatic carbocycles. The number of hydrogen-bond acceptors (Lipinski definition) is 3. The third-order valence-corrected chi connectivity index (χ3v) is 3.65. The lowest BCUT2D eigenvalue weighted by atomic mass is 9.98. The molecule has 0 N–H and O–H groups in total. The van der Waals surface area contributed by atoms with Crippen LogP contribution in [0, 0.1) is 5.92 Å². The Kier molecular flexibility index (Phi) is 4.10. The second-order valence-corrected chi connectivity index (χ2v) is 4.71. The van der Waals surface area contributed by atoms with E-state index in [1.165, 1.54) is 25.7 Å². The summed E-state index contributed by atoms with van der Waals surface area (Å²) in [7, 11) is 0. The molecule has 1 aliphatic rings. The van der Waals surface area contributed by atoms with Gasteiger partial charge in [0.25, 0.3) is 6.01 Å². The van der Waals surface area contributed by atoms with E-state index in [-0.39, 0.29) is 0 Å². The van der Waals surface area contributed by atoms with E-state index in [1.54, 1.807) is 6.26 Å². The van der Waals surface area contributed by atoms with Crippen LogP contribution in [0.3, 0.4) is 0 Å². The molecule has 1 aliphatic heterocycles. The first-order valence-electron chi connectivity index (χ1n) is 6.08. The van der Waals surface area contributed by atoms with Crippen LogP contribution in [0.2, 0.25) is 0 Å². The largest absolute Gasteiger partial charge is 0.432 e. The Morgan fingerprint density at radius 3 is 3.06 bits per heavy atom. The van der Waals surface area contributed by atoms with Gasteiger partial charge >= 0.3 is 0 Å². The number of hydrogen-bond donors (Lipinski definition) is 0. The van der Waals surface area contributed by atoms with Crippen molar-refractivity contribution in [2.24, 2.45) is 5.92 Å². The van der Waals surface area contributed by atoms with Crippen molar-refractivity contribution >= 4 is 17.6 Å². The van der Waals surface area contributed by atoms with Gasteiger partial charge in [-0.25, -0.2) is 0 Å². The molecular weight excluding hydrogens is 224 g/mol. The van der Waals surface area contributed by atoms with Gasteiger partial charge < -0.3 is 9.32 Å². The Hall–Kier alpha value is -0.700. The Balaban J connectivity index is 1.99. The second kappa shape index (κ2) is 5.58. The molecule has 1 saturated heterocycles. The Bertz CT molecular complexity index is 327. The predicted octanol–water partition coefficient (Wildman–Crippen LogP) is 3.43. The molecular formula is C12H19ClN2O. The zero-order chi connectivity index (χ0) is 11.4. The lowest BCUT2D eigenvalue weighted by Crippen LogP contribution is -2.24. The van der Waals surface area contributed by atoms with Gasteiger partial charge in [0, 0.05) is 13.1 Å². The van der Waals surface area contributed by atoms with Crippen LogP contribution < -0.4 is 4.90 Å². The van der Waals surface area contributed by atoms with E-state index in [0.29, 0.717) is 5.88 Å². The number of aromatic nitrogens is 1. The molecule has 4 heteroatoms. The van der Waals surface area contributed by atoms with Gasteiger partial charge in [0.2, 0.25) is 0 Å². The zero-order valence-corrected chi connectivity index (χ0v) is 10.5. The summed E-state index contributed by atoms with van der Waals surface area (Å²) in [6.07, 6.45) is 6.75. The number of halogens is 1. The number of oxazole rings is 1. The minimum absolute atomic E-state index is 0.426. The molecule has 0 aliphatic carbocycles. The Morgan fingerprint density at radius 2 is 2.38 bits per heavy atom. The zero-order valence-electron chi connectivity index (χ0n) is 9.79. The van der Waals surface area contributed by atoms with Crippen molar-refractivity contribution in [3.8, 4) is 0 Å². The predicted molar refractivity (Wildman–Crippen MR) is 65.9 cm³/mol. The molecule has 90 valence electrons. The van der Waals surface area contributed by atoms with E-state index in [2.05, 4.69) is 16.8 Å². The summed E-state index contributed by atoms with van der Waals surface area (Å²) in [6, 6.07) is 0.743. The summed E-state index contributed by atoms with van der Waals surface area (Å²) >= 11 is 5.72. The summed E-state index contributed by atoms with van der Waals surface area (Å²) in [5.41, 5.74) is 0.827. The van der Waals surface area contributed by atoms with E-state index in [9.17, 15) is 0 Å². The monoisotopic (exact) mass is 242 g/mol. The van der Waals surface area contributed by atoms with Crippen LogP contribution >= 0.6 is 11.6 Å². The average Bonchev–Trinajstić information content (AvgIpc) is 2.67. The van der Waals surface area contributed by atoms with Gasteiger partial charge in [-0.05, 0) is 25.2 Å². The van der Waals surface area contributed by atoms with E-state index < -0.39 is 0 Å². The number of alkyl halides is 1. The van der Waals surface area contributed by atoms with Crippen LogP contribution in [0.1, 0.15) is 38.3 Å². The van der Waals surface area contributed by atoms with Gasteiger partial charge in [0.1, 0.15) is 6.26 Å². The maximum Gasteiger partial charge on any atom is 0.297 e. The van der Waals surface area contributed by atoms with Gasteiger partial charge in [-0.3, -0.25) is 0 Å². The number of anilines is 1. The molecule has 2 heterocycles. The summed E-state index contributed by atoms with van der Waals surface area (Å²) in [4.78, 5) is 6.61. The fraction of sp³-hybridized carbons (Fsp3) is 0.750. The number of nitrogens with zero attached hydrogens (tertiary/aromatic N) is 2. The molecule has 0 spiro atoms. The first kappa shape index (κ1) is 11.8. The summed E-state index contributed by atoms with van der Waals surface area (Å²) in [5.74, 6) is 1.29. The van der Waals surface area contributed by atoms with Crippen molar-refractivity contribution in [1.29, 1.82) is 0 Å². The van der Waals surface area contributed by atoms with Gasteiger partial charge in [-0.2, -0.15) is 4.98 Å². The van der Waals surface area contributed by atoms with Gasteiger partial charge in [0.15, 0.2) is 0 Å². The van der Waals surface area contributed by atoms with Crippen molar-refractivity contribution in [1.82, 2.24) is 4.98 Å². The molecule has 0 bridgehead atoms. The van der Waals surface area contributed by atoms with E-state index in [1.807, 2.05) is 0 Å². The number of rotatable bonds is 3. The quantitative estimate of drug-likeness (QED) is 0.761. The van der Waals surface area contributed by atoms with Crippen molar-refractivity contribution < 1.29 is 4.42 Å². The SMILES string of the molecule is CCC1CCCN(c2nc(CCl)co2)CC1. The molecule has 1 aromatic rings. The molecule has 1 atom stereocenters. The summed E-state index contributed by atoms with van der Waals surface area (Å²) < 4.78 is 5.45. The molecule has 0 amide bonds. The topological polar surface area (TPSA) is 29.3 Å². The van der Waals surface area contributed by atoms with Crippen LogP contribution in [0.15, 0.2) is 10.7 Å². The normalized spacial score (nSPS) is 22.1. The molecule has 0 saturated carbocycles. The van der Waals surface area contributed by atoms with E-state index in [0.717, 1.165) is 30.7 Å². The Morgan fingerprint density at radius 1 is 1.50 bits per heavy atom. The maximum absolute atomic E-state index is 5.72. The second-order valence-electron chi connectivity index (χ2n) is 4.45. The molecule has 0 radical (unpaired) electrons. The highest BCUT2D eigenvalue weighted by molar-refractivity contribution is 6.16. The van der Waals surface area contributed by atoms with Crippen LogP contribution in [-0.4, -0.2) is 18.1 Å². The molecule has 2 rings (SSSR count). The third kappa shape index (κ3) is 2.70. The molecule has 1 unspecified atom stereocenters. The third-order valence-electron chi connectivity index (χ3n) is 3.37. The average molecular weight is 243 g/mol. The van der Waals surface area contributed by atoms with Crippen molar-refractivity contribution in [3.05, 3.63) is 12.0 Å². The van der Waals surface area contributed by atoms with Crippen LogP contribution in [0.25, 0.3) is 0 Å². The van der Waals surface area contributed by atoms with Crippen molar-refractivity contribution in [3.63, 3.8) is 0 Å². The first-order chi connectivity index (χ1) is 7.83. The fourth-order valence-corrected chi connectivity index (χ4v) is 2.39. The summed E-state index contributed by atoms with van der Waals surface area (Å²) in [6.45, 7) is 4.39. The van der Waals surface area contributed by atoms with E-state index in [4.69, 9.17) is 16.0 Å². The van der Waals surface area contributed by atoms with Gasteiger partial charge in [-0.1, -0.05) is 13.3 Å². The molecule has 1 aromatic heterocycles. The molecule has 16 heavy (non-hydrogen) atoms. The highest BCUT2D eigenvalue weighted by Gasteiger charge is 2.19. The van der Waals surface area contributed by atoms with Crippen molar-refractivity contribution in [2.75, 3.05) is 18.0 Å². The lowest BCUT2D eigenvalue weighted by molar-refractivity contribution is 0.458. The van der Waals surface area contributed by atoms with Crippen molar-refractivity contribution in [2.45, 2.75) is 38.5 Å². The molecule has 1 fully saturated rings. The van der Waals surface area contributed by atoms with Gasteiger partial charge in [0.05, 0.1) is 11.6 Å². The Labute approximate surface area is 102 Å². The lowest BCUT2D eigenvalue weighted by Gasteiger charge is -2.17. The maximum atomic E-state index is 5.72. The van der Waals surface area contributed by atoms with Crippen LogP contribution in [0.4, 0.5) is 6.01 Å². The highest BCUT2D eigenvalue weighted by Crippen LogP contribution is 2.24. The molecule has 3 nitrogen and oxygen atoms in total. The first-order valence-corrected chi connectivity index (χ1v) is 6.62. The minimum Gasteiger partial charge on any atom is -0.432 e. The van der Waals surface area contributed by atoms with Crippen LogP contribution in [-0.2, 0) is 5.88 Å². The standard InChI is InChI=1S/C12H19ClN2O/c1-2-10-4-3-6-15(7-5-10)12-14-11(8-13)9-16-12/h9-10H,2-8H2,1H3. The van der Waals surface area contributed by atoms with Crippen LogP contribution in [0.5, 0.6) is 0 Å². The smallest absolute Gasteiger partial charge is 0.297 e.